The van der Waals surface area contributed by atoms with Gasteiger partial charge in [0.2, 0.25) is 0 Å². The Hall–Kier alpha value is -2.60. The highest BCUT2D eigenvalue weighted by Gasteiger charge is 2.21. The molecule has 0 saturated carbocycles. The van der Waals surface area contributed by atoms with Crippen LogP contribution in [-0.4, -0.2) is 9.55 Å². The van der Waals surface area contributed by atoms with Gasteiger partial charge in [-0.1, -0.05) is 24.3 Å². The van der Waals surface area contributed by atoms with Gasteiger partial charge >= 0.3 is 0 Å². The third-order valence-electron chi connectivity index (χ3n) is 4.38. The third kappa shape index (κ3) is 1.92. The van der Waals surface area contributed by atoms with Crippen molar-refractivity contribution in [3.63, 3.8) is 0 Å². The van der Waals surface area contributed by atoms with E-state index in [-0.39, 0.29) is 0 Å². The molecule has 0 N–H and O–H groups in total. The Balaban J connectivity index is 1.91. The normalized spacial score (nSPS) is 17.4. The van der Waals surface area contributed by atoms with Crippen molar-refractivity contribution >= 4 is 10.8 Å². The zero-order chi connectivity index (χ0) is 14.2. The summed E-state index contributed by atoms with van der Waals surface area (Å²) in [6.45, 7) is 0. The molecule has 2 heterocycles. The van der Waals surface area contributed by atoms with E-state index in [2.05, 4.69) is 27.8 Å². The summed E-state index contributed by atoms with van der Waals surface area (Å²) in [4.78, 5) is 4.28. The fourth-order valence-corrected chi connectivity index (χ4v) is 3.37. The molecule has 1 unspecified atom stereocenters. The molecule has 0 radical (unpaired) electrons. The van der Waals surface area contributed by atoms with Crippen molar-refractivity contribution < 1.29 is 0 Å². The number of nitrogens with zero attached hydrogens (tertiary/aromatic N) is 3. The quantitative estimate of drug-likeness (QED) is 0.676. The second kappa shape index (κ2) is 4.75. The molecule has 21 heavy (non-hydrogen) atoms. The van der Waals surface area contributed by atoms with Gasteiger partial charge in [-0.25, -0.2) is 4.98 Å². The Morgan fingerprint density at radius 1 is 1.24 bits per heavy atom. The van der Waals surface area contributed by atoms with Crippen molar-refractivity contribution in [1.82, 2.24) is 9.55 Å². The molecule has 4 rings (SSSR count). The zero-order valence-electron chi connectivity index (χ0n) is 11.7. The van der Waals surface area contributed by atoms with Gasteiger partial charge in [0.05, 0.1) is 24.0 Å². The summed E-state index contributed by atoms with van der Waals surface area (Å²) >= 11 is 0. The minimum absolute atomic E-state index is 0.299. The van der Waals surface area contributed by atoms with E-state index in [1.165, 1.54) is 17.7 Å². The van der Waals surface area contributed by atoms with Crippen LogP contribution in [0.4, 0.5) is 0 Å². The summed E-state index contributed by atoms with van der Waals surface area (Å²) in [7, 11) is 0. The molecule has 2 aromatic carbocycles. The van der Waals surface area contributed by atoms with Gasteiger partial charge in [-0.2, -0.15) is 5.26 Å². The predicted octanol–water partition coefficient (Wildman–Crippen LogP) is 3.83. The van der Waals surface area contributed by atoms with E-state index in [1.807, 2.05) is 36.8 Å². The largest absolute Gasteiger partial charge is 0.327 e. The SMILES string of the molecule is N#Cc1cc(C2CCCc3cncn32)cc2ccccc12. The fraction of sp³-hybridized carbons (Fsp3) is 0.222. The van der Waals surface area contributed by atoms with Crippen LogP contribution in [0.25, 0.3) is 10.8 Å². The van der Waals surface area contributed by atoms with Crippen molar-refractivity contribution in [3.8, 4) is 6.07 Å². The standard InChI is InChI=1S/C18H15N3/c19-10-15-9-14(8-13-4-1-2-6-17(13)15)18-7-3-5-16-11-20-12-21(16)18/h1-2,4,6,8-9,11-12,18H,3,5,7H2. The minimum atomic E-state index is 0.299. The first-order valence-electron chi connectivity index (χ1n) is 7.30. The number of nitriles is 1. The maximum Gasteiger partial charge on any atom is 0.0998 e. The van der Waals surface area contributed by atoms with Crippen molar-refractivity contribution in [2.24, 2.45) is 0 Å². The molecular formula is C18H15N3. The molecule has 0 spiro atoms. The number of rotatable bonds is 1. The number of imidazole rings is 1. The second-order valence-corrected chi connectivity index (χ2v) is 5.60. The molecule has 3 aromatic rings. The summed E-state index contributed by atoms with van der Waals surface area (Å²) in [5, 5.41) is 11.6. The van der Waals surface area contributed by atoms with E-state index in [0.717, 1.165) is 29.2 Å². The number of aryl methyl sites for hydroxylation is 1. The lowest BCUT2D eigenvalue weighted by Gasteiger charge is -2.26. The molecule has 1 atom stereocenters. The predicted molar refractivity (Wildman–Crippen MR) is 82.0 cm³/mol. The highest BCUT2D eigenvalue weighted by atomic mass is 15.1. The molecule has 0 bridgehead atoms. The van der Waals surface area contributed by atoms with E-state index in [0.29, 0.717) is 6.04 Å². The van der Waals surface area contributed by atoms with E-state index >= 15 is 0 Å². The number of fused-ring (bicyclic) bond motifs is 2. The molecule has 1 aliphatic heterocycles. The van der Waals surface area contributed by atoms with Crippen LogP contribution in [0.15, 0.2) is 48.9 Å². The smallest absolute Gasteiger partial charge is 0.0998 e. The van der Waals surface area contributed by atoms with Crippen LogP contribution >= 0.6 is 0 Å². The van der Waals surface area contributed by atoms with E-state index in [4.69, 9.17) is 0 Å². The van der Waals surface area contributed by atoms with Crippen LogP contribution < -0.4 is 0 Å². The molecule has 1 aliphatic rings. The minimum Gasteiger partial charge on any atom is -0.327 e. The summed E-state index contributed by atoms with van der Waals surface area (Å²) in [5.74, 6) is 0. The van der Waals surface area contributed by atoms with Crippen LogP contribution in [-0.2, 0) is 6.42 Å². The van der Waals surface area contributed by atoms with Gasteiger partial charge in [-0.3, -0.25) is 0 Å². The Bertz CT molecular complexity index is 854. The summed E-state index contributed by atoms with van der Waals surface area (Å²) < 4.78 is 2.26. The molecule has 1 aromatic heterocycles. The Kier molecular flexibility index (Phi) is 2.75. The molecule has 3 nitrogen and oxygen atoms in total. The lowest BCUT2D eigenvalue weighted by molar-refractivity contribution is 0.458. The Morgan fingerprint density at radius 3 is 3.05 bits per heavy atom. The van der Waals surface area contributed by atoms with Crippen LogP contribution in [0, 0.1) is 11.3 Å². The van der Waals surface area contributed by atoms with Crippen molar-refractivity contribution in [2.45, 2.75) is 25.3 Å². The molecule has 0 amide bonds. The lowest BCUT2D eigenvalue weighted by atomic mass is 9.92. The number of aromatic nitrogens is 2. The van der Waals surface area contributed by atoms with E-state index in [9.17, 15) is 5.26 Å². The molecule has 0 saturated heterocycles. The van der Waals surface area contributed by atoms with Crippen LogP contribution in [0.1, 0.15) is 35.7 Å². The summed E-state index contributed by atoms with van der Waals surface area (Å²) in [6.07, 6.45) is 7.24. The van der Waals surface area contributed by atoms with Crippen molar-refractivity contribution in [3.05, 3.63) is 65.7 Å². The first-order chi connectivity index (χ1) is 10.4. The monoisotopic (exact) mass is 273 g/mol. The Labute approximate surface area is 123 Å². The number of benzene rings is 2. The van der Waals surface area contributed by atoms with Crippen LogP contribution in [0.5, 0.6) is 0 Å². The van der Waals surface area contributed by atoms with Gasteiger partial charge in [-0.15, -0.1) is 0 Å². The first kappa shape index (κ1) is 12.2. The van der Waals surface area contributed by atoms with Crippen LogP contribution in [0.3, 0.4) is 0 Å². The highest BCUT2D eigenvalue weighted by molar-refractivity contribution is 5.88. The first-order valence-corrected chi connectivity index (χ1v) is 7.30. The summed E-state index contributed by atoms with van der Waals surface area (Å²) in [5.41, 5.74) is 3.26. The van der Waals surface area contributed by atoms with Crippen molar-refractivity contribution in [2.75, 3.05) is 0 Å². The van der Waals surface area contributed by atoms with Gasteiger partial charge in [0, 0.05) is 11.9 Å². The van der Waals surface area contributed by atoms with Crippen LogP contribution in [0.2, 0.25) is 0 Å². The lowest BCUT2D eigenvalue weighted by Crippen LogP contribution is -2.17. The maximum atomic E-state index is 9.44. The molecular weight excluding hydrogens is 258 g/mol. The average Bonchev–Trinajstić information content (AvgIpc) is 3.02. The van der Waals surface area contributed by atoms with Gasteiger partial charge in [0.25, 0.3) is 0 Å². The maximum absolute atomic E-state index is 9.44. The average molecular weight is 273 g/mol. The molecule has 0 aliphatic carbocycles. The van der Waals surface area contributed by atoms with Gasteiger partial charge in [-0.05, 0) is 47.7 Å². The fourth-order valence-electron chi connectivity index (χ4n) is 3.37. The van der Waals surface area contributed by atoms with Gasteiger partial charge in [0.15, 0.2) is 0 Å². The zero-order valence-corrected chi connectivity index (χ0v) is 11.7. The van der Waals surface area contributed by atoms with E-state index in [1.54, 1.807) is 0 Å². The van der Waals surface area contributed by atoms with E-state index < -0.39 is 0 Å². The summed E-state index contributed by atoms with van der Waals surface area (Å²) in [6, 6.07) is 15.0. The molecule has 0 fully saturated rings. The molecule has 102 valence electrons. The highest BCUT2D eigenvalue weighted by Crippen LogP contribution is 2.33. The third-order valence-corrected chi connectivity index (χ3v) is 4.38. The number of hydrogen-bond donors (Lipinski definition) is 0. The van der Waals surface area contributed by atoms with Gasteiger partial charge in [0.1, 0.15) is 0 Å². The topological polar surface area (TPSA) is 41.6 Å². The molecule has 3 heteroatoms. The second-order valence-electron chi connectivity index (χ2n) is 5.60. The Morgan fingerprint density at radius 2 is 2.14 bits per heavy atom. The number of hydrogen-bond acceptors (Lipinski definition) is 2. The van der Waals surface area contributed by atoms with Gasteiger partial charge < -0.3 is 4.57 Å². The van der Waals surface area contributed by atoms with Crippen molar-refractivity contribution in [1.29, 1.82) is 5.26 Å².